The minimum Gasteiger partial charge on any atom is -0.484 e. The number of aryl methyl sites for hydroxylation is 1. The van der Waals surface area contributed by atoms with Gasteiger partial charge in [-0.05, 0) is 36.1 Å². The zero-order valence-corrected chi connectivity index (χ0v) is 14.9. The van der Waals surface area contributed by atoms with Crippen molar-refractivity contribution < 1.29 is 23.8 Å². The van der Waals surface area contributed by atoms with Crippen molar-refractivity contribution in [2.75, 3.05) is 6.61 Å². The normalized spacial score (nSPS) is 11.2. The first-order valence-corrected chi connectivity index (χ1v) is 7.99. The first kappa shape index (κ1) is 18.6. The van der Waals surface area contributed by atoms with Gasteiger partial charge >= 0.3 is 5.97 Å². The van der Waals surface area contributed by atoms with E-state index in [0.717, 1.165) is 0 Å². The molecule has 1 heterocycles. The van der Waals surface area contributed by atoms with Crippen LogP contribution in [-0.4, -0.2) is 23.6 Å². The number of ether oxygens (including phenoxy) is 1. The Labute approximate surface area is 146 Å². The lowest BCUT2D eigenvalue weighted by Gasteiger charge is -2.19. The molecule has 0 radical (unpaired) electrons. The summed E-state index contributed by atoms with van der Waals surface area (Å²) >= 11 is 0. The molecule has 1 amide bonds. The van der Waals surface area contributed by atoms with Gasteiger partial charge in [0.15, 0.2) is 6.61 Å². The third-order valence-corrected chi connectivity index (χ3v) is 3.75. The molecule has 1 aromatic carbocycles. The topological polar surface area (TPSA) is 88.8 Å². The van der Waals surface area contributed by atoms with Crippen molar-refractivity contribution in [1.29, 1.82) is 0 Å². The molecule has 0 saturated carbocycles. The highest BCUT2D eigenvalue weighted by molar-refractivity contribution is 5.88. The van der Waals surface area contributed by atoms with Crippen molar-refractivity contribution >= 4 is 11.9 Å². The maximum atomic E-state index is 11.8. The Bertz CT molecular complexity index is 753. The summed E-state index contributed by atoms with van der Waals surface area (Å²) in [5, 5.41) is 11.6. The predicted octanol–water partition coefficient (Wildman–Crippen LogP) is 3.28. The van der Waals surface area contributed by atoms with Crippen LogP contribution in [0.1, 0.15) is 48.2 Å². The molecule has 2 rings (SSSR count). The monoisotopic (exact) mass is 345 g/mol. The van der Waals surface area contributed by atoms with E-state index in [2.05, 4.69) is 26.1 Å². The van der Waals surface area contributed by atoms with Gasteiger partial charge in [-0.1, -0.05) is 32.9 Å². The average Bonchev–Trinajstić information content (AvgIpc) is 2.91. The number of hydrogen-bond acceptors (Lipinski definition) is 4. The van der Waals surface area contributed by atoms with Gasteiger partial charge in [-0.15, -0.1) is 0 Å². The fourth-order valence-corrected chi connectivity index (χ4v) is 2.28. The summed E-state index contributed by atoms with van der Waals surface area (Å²) < 4.78 is 10.8. The van der Waals surface area contributed by atoms with Crippen molar-refractivity contribution in [2.45, 2.75) is 39.7 Å². The van der Waals surface area contributed by atoms with E-state index in [-0.39, 0.29) is 30.0 Å². The van der Waals surface area contributed by atoms with Gasteiger partial charge in [-0.2, -0.15) is 0 Å². The Morgan fingerprint density at radius 1 is 1.20 bits per heavy atom. The highest BCUT2D eigenvalue weighted by atomic mass is 16.5. The van der Waals surface area contributed by atoms with Crippen molar-refractivity contribution in [3.05, 3.63) is 53.0 Å². The van der Waals surface area contributed by atoms with Gasteiger partial charge in [0.1, 0.15) is 22.8 Å². The highest BCUT2D eigenvalue weighted by Gasteiger charge is 2.15. The Morgan fingerprint density at radius 2 is 1.84 bits per heavy atom. The molecule has 0 unspecified atom stereocenters. The number of carboxylic acids is 1. The highest BCUT2D eigenvalue weighted by Crippen LogP contribution is 2.24. The Kier molecular flexibility index (Phi) is 5.51. The third kappa shape index (κ3) is 5.11. The average molecular weight is 345 g/mol. The van der Waals surface area contributed by atoms with E-state index in [9.17, 15) is 9.59 Å². The molecule has 6 heteroatoms. The number of rotatable bonds is 6. The quantitative estimate of drug-likeness (QED) is 0.839. The molecule has 0 saturated heterocycles. The molecule has 1 aromatic heterocycles. The van der Waals surface area contributed by atoms with Gasteiger partial charge in [0.05, 0.1) is 6.54 Å². The number of aromatic carboxylic acids is 1. The number of carboxylic acid groups (broad SMARTS) is 1. The zero-order chi connectivity index (χ0) is 18.6. The van der Waals surface area contributed by atoms with Crippen molar-refractivity contribution in [3.63, 3.8) is 0 Å². The summed E-state index contributed by atoms with van der Waals surface area (Å²) in [6.07, 6.45) is 0. The molecular weight excluding hydrogens is 322 g/mol. The molecule has 0 atom stereocenters. The van der Waals surface area contributed by atoms with Crippen LogP contribution in [0.4, 0.5) is 0 Å². The van der Waals surface area contributed by atoms with Crippen LogP contribution in [0.15, 0.2) is 34.7 Å². The molecule has 2 N–H and O–H groups in total. The zero-order valence-electron chi connectivity index (χ0n) is 14.9. The first-order valence-electron chi connectivity index (χ1n) is 7.99. The summed E-state index contributed by atoms with van der Waals surface area (Å²) in [5.74, 6) is -0.0541. The van der Waals surface area contributed by atoms with Crippen molar-refractivity contribution in [3.8, 4) is 5.75 Å². The van der Waals surface area contributed by atoms with Crippen molar-refractivity contribution in [2.24, 2.45) is 0 Å². The summed E-state index contributed by atoms with van der Waals surface area (Å²) in [6.45, 7) is 7.94. The smallest absolute Gasteiger partial charge is 0.339 e. The maximum absolute atomic E-state index is 11.8. The molecule has 0 aliphatic heterocycles. The lowest BCUT2D eigenvalue weighted by molar-refractivity contribution is -0.123. The molecule has 0 aliphatic rings. The minimum absolute atomic E-state index is 0.0614. The lowest BCUT2D eigenvalue weighted by Crippen LogP contribution is -2.28. The molecule has 6 nitrogen and oxygen atoms in total. The van der Waals surface area contributed by atoms with E-state index in [1.807, 2.05) is 24.3 Å². The number of hydrogen-bond donors (Lipinski definition) is 2. The van der Waals surface area contributed by atoms with Crippen LogP contribution in [0.3, 0.4) is 0 Å². The van der Waals surface area contributed by atoms with Crippen LogP contribution in [0.25, 0.3) is 0 Å². The van der Waals surface area contributed by atoms with E-state index < -0.39 is 5.97 Å². The second-order valence-corrected chi connectivity index (χ2v) is 6.83. The molecule has 0 aliphatic carbocycles. The fraction of sp³-hybridized carbons (Fsp3) is 0.368. The van der Waals surface area contributed by atoms with Gasteiger partial charge < -0.3 is 19.6 Å². The second kappa shape index (κ2) is 7.42. The van der Waals surface area contributed by atoms with Crippen LogP contribution < -0.4 is 10.1 Å². The number of amides is 1. The van der Waals surface area contributed by atoms with Crippen LogP contribution in [-0.2, 0) is 16.8 Å². The lowest BCUT2D eigenvalue weighted by atomic mass is 9.87. The van der Waals surface area contributed by atoms with Gasteiger partial charge in [0.25, 0.3) is 5.91 Å². The van der Waals surface area contributed by atoms with E-state index in [4.69, 9.17) is 14.3 Å². The van der Waals surface area contributed by atoms with Crippen LogP contribution >= 0.6 is 0 Å². The van der Waals surface area contributed by atoms with Crippen LogP contribution in [0.2, 0.25) is 0 Å². The first-order chi connectivity index (χ1) is 11.7. The SMILES string of the molecule is Cc1oc(CNC(=O)COc2ccc(C(C)(C)C)cc2)cc1C(=O)O. The summed E-state index contributed by atoms with van der Waals surface area (Å²) in [6, 6.07) is 9.04. The van der Waals surface area contributed by atoms with Crippen LogP contribution in [0, 0.1) is 6.92 Å². The molecule has 0 fully saturated rings. The van der Waals surface area contributed by atoms with Gasteiger partial charge in [-0.3, -0.25) is 4.79 Å². The molecule has 0 bridgehead atoms. The maximum Gasteiger partial charge on any atom is 0.339 e. The number of carbonyl (C=O) groups excluding carboxylic acids is 1. The largest absolute Gasteiger partial charge is 0.484 e. The predicted molar refractivity (Wildman–Crippen MR) is 92.9 cm³/mol. The second-order valence-electron chi connectivity index (χ2n) is 6.83. The summed E-state index contributed by atoms with van der Waals surface area (Å²) in [4.78, 5) is 22.8. The van der Waals surface area contributed by atoms with Crippen LogP contribution in [0.5, 0.6) is 5.75 Å². The molecule has 25 heavy (non-hydrogen) atoms. The molecule has 0 spiro atoms. The minimum atomic E-state index is -1.05. The Morgan fingerprint density at radius 3 is 2.36 bits per heavy atom. The number of benzene rings is 1. The Hall–Kier alpha value is -2.76. The standard InChI is InChI=1S/C19H23NO5/c1-12-16(18(22)23)9-15(25-12)10-20-17(21)11-24-14-7-5-13(6-8-14)19(2,3)4/h5-9H,10-11H2,1-4H3,(H,20,21)(H,22,23). The molecule has 134 valence electrons. The molecular formula is C19H23NO5. The number of furan rings is 1. The van der Waals surface area contributed by atoms with E-state index >= 15 is 0 Å². The van der Waals surface area contributed by atoms with E-state index in [1.54, 1.807) is 6.92 Å². The van der Waals surface area contributed by atoms with Gasteiger partial charge in [-0.25, -0.2) is 4.79 Å². The van der Waals surface area contributed by atoms with Crippen molar-refractivity contribution in [1.82, 2.24) is 5.32 Å². The van der Waals surface area contributed by atoms with Gasteiger partial charge in [0, 0.05) is 0 Å². The Balaban J connectivity index is 1.83. The number of carbonyl (C=O) groups is 2. The number of nitrogens with one attached hydrogen (secondary N) is 1. The fourth-order valence-electron chi connectivity index (χ4n) is 2.28. The van der Waals surface area contributed by atoms with E-state index in [1.165, 1.54) is 11.6 Å². The van der Waals surface area contributed by atoms with Gasteiger partial charge in [0.2, 0.25) is 0 Å². The summed E-state index contributed by atoms with van der Waals surface area (Å²) in [5.41, 5.74) is 1.34. The molecule has 2 aromatic rings. The third-order valence-electron chi connectivity index (χ3n) is 3.75. The van der Waals surface area contributed by atoms with E-state index in [0.29, 0.717) is 17.3 Å². The summed E-state index contributed by atoms with van der Waals surface area (Å²) in [7, 11) is 0.